The highest BCUT2D eigenvalue weighted by atomic mass is 16.3. The standard InChI is InChI=1S/C27H28N2O3/c1-3-4-5-12-17-29-26(31)22(18-28)19(2)23(27(29)32)25(30)24(20-13-8-6-9-14-20)21-15-10-7-11-16-21/h6-11,13-16,24,32H,3-5,12,17H2,1-2H3. The number of carbonyl (C=O) groups excluding carboxylic acids is 1. The number of ketones is 1. The Hall–Kier alpha value is -3.65. The molecule has 5 nitrogen and oxygen atoms in total. The van der Waals surface area contributed by atoms with Crippen LogP contribution in [0.2, 0.25) is 0 Å². The van der Waals surface area contributed by atoms with Gasteiger partial charge in [0.2, 0.25) is 5.88 Å². The molecule has 0 saturated heterocycles. The highest BCUT2D eigenvalue weighted by Crippen LogP contribution is 2.33. The van der Waals surface area contributed by atoms with E-state index in [0.29, 0.717) is 6.42 Å². The van der Waals surface area contributed by atoms with E-state index in [1.807, 2.05) is 66.7 Å². The normalized spacial score (nSPS) is 10.8. The summed E-state index contributed by atoms with van der Waals surface area (Å²) in [4.78, 5) is 26.8. The molecule has 3 rings (SSSR count). The zero-order valence-corrected chi connectivity index (χ0v) is 18.5. The van der Waals surface area contributed by atoms with Gasteiger partial charge in [0.1, 0.15) is 11.6 Å². The Morgan fingerprint density at radius 1 is 1.00 bits per heavy atom. The number of unbranched alkanes of at least 4 members (excludes halogenated alkanes) is 3. The van der Waals surface area contributed by atoms with E-state index in [1.54, 1.807) is 6.92 Å². The topological polar surface area (TPSA) is 83.1 Å². The van der Waals surface area contributed by atoms with Gasteiger partial charge in [-0.1, -0.05) is 86.8 Å². The molecular formula is C27H28N2O3. The van der Waals surface area contributed by atoms with Gasteiger partial charge in [0.15, 0.2) is 5.78 Å². The van der Waals surface area contributed by atoms with Gasteiger partial charge < -0.3 is 5.11 Å². The molecule has 2 aromatic carbocycles. The van der Waals surface area contributed by atoms with Crippen molar-refractivity contribution in [3.8, 4) is 11.9 Å². The first kappa shape index (κ1) is 23.0. The van der Waals surface area contributed by atoms with Crippen LogP contribution in [0.15, 0.2) is 65.5 Å². The molecule has 0 amide bonds. The molecule has 32 heavy (non-hydrogen) atoms. The minimum absolute atomic E-state index is 0.0364. The molecule has 5 heteroatoms. The van der Waals surface area contributed by atoms with Crippen LogP contribution in [-0.4, -0.2) is 15.5 Å². The Morgan fingerprint density at radius 2 is 1.56 bits per heavy atom. The summed E-state index contributed by atoms with van der Waals surface area (Å²) < 4.78 is 1.18. The van der Waals surface area contributed by atoms with Gasteiger partial charge in [-0.2, -0.15) is 5.26 Å². The summed E-state index contributed by atoms with van der Waals surface area (Å²) in [6, 6.07) is 20.6. The van der Waals surface area contributed by atoms with E-state index in [4.69, 9.17) is 0 Å². The maximum Gasteiger partial charge on any atom is 0.271 e. The molecule has 0 saturated carbocycles. The number of hydrogen-bond acceptors (Lipinski definition) is 4. The van der Waals surface area contributed by atoms with E-state index in [9.17, 15) is 20.0 Å². The number of hydrogen-bond donors (Lipinski definition) is 1. The third-order valence-corrected chi connectivity index (χ3v) is 5.81. The second kappa shape index (κ2) is 10.6. The average Bonchev–Trinajstić information content (AvgIpc) is 2.80. The van der Waals surface area contributed by atoms with Crippen LogP contribution < -0.4 is 5.56 Å². The number of pyridine rings is 1. The molecule has 0 atom stereocenters. The van der Waals surface area contributed by atoms with Gasteiger partial charge in [0, 0.05) is 6.54 Å². The molecule has 0 radical (unpaired) electrons. The summed E-state index contributed by atoms with van der Waals surface area (Å²) in [5.41, 5.74) is 1.17. The van der Waals surface area contributed by atoms with Crippen molar-refractivity contribution in [3.63, 3.8) is 0 Å². The van der Waals surface area contributed by atoms with E-state index in [0.717, 1.165) is 30.4 Å². The van der Waals surface area contributed by atoms with Crippen LogP contribution in [-0.2, 0) is 6.54 Å². The van der Waals surface area contributed by atoms with Crippen molar-refractivity contribution in [3.05, 3.63) is 98.8 Å². The number of Topliss-reactive ketones (excluding diaryl/α,β-unsaturated/α-hetero) is 1. The highest BCUT2D eigenvalue weighted by molar-refractivity contribution is 6.06. The molecule has 0 unspecified atom stereocenters. The number of carbonyl (C=O) groups is 1. The van der Waals surface area contributed by atoms with Crippen LogP contribution in [0.1, 0.15) is 71.1 Å². The molecule has 0 bridgehead atoms. The largest absolute Gasteiger partial charge is 0.494 e. The number of nitrogens with zero attached hydrogens (tertiary/aromatic N) is 2. The Balaban J connectivity index is 2.16. The van der Waals surface area contributed by atoms with Gasteiger partial charge >= 0.3 is 0 Å². The van der Waals surface area contributed by atoms with Crippen molar-refractivity contribution in [2.45, 2.75) is 52.0 Å². The first-order chi connectivity index (χ1) is 15.5. The van der Waals surface area contributed by atoms with Gasteiger partial charge in [-0.3, -0.25) is 14.2 Å². The number of nitriles is 1. The Bertz CT molecular complexity index is 1140. The van der Waals surface area contributed by atoms with E-state index in [1.165, 1.54) is 4.57 Å². The smallest absolute Gasteiger partial charge is 0.271 e. The van der Waals surface area contributed by atoms with Crippen LogP contribution >= 0.6 is 0 Å². The summed E-state index contributed by atoms with van der Waals surface area (Å²) in [5.74, 6) is -1.36. The minimum atomic E-state index is -0.667. The van der Waals surface area contributed by atoms with Gasteiger partial charge in [-0.15, -0.1) is 0 Å². The van der Waals surface area contributed by atoms with Crippen LogP contribution in [0.5, 0.6) is 5.88 Å². The molecule has 3 aromatic rings. The van der Waals surface area contributed by atoms with E-state index >= 15 is 0 Å². The van der Waals surface area contributed by atoms with Crippen molar-refractivity contribution >= 4 is 5.78 Å². The van der Waals surface area contributed by atoms with E-state index < -0.39 is 11.5 Å². The SMILES string of the molecule is CCCCCCn1c(O)c(C(=O)C(c2ccccc2)c2ccccc2)c(C)c(C#N)c1=O. The van der Waals surface area contributed by atoms with Crippen LogP contribution in [0.3, 0.4) is 0 Å². The molecule has 0 spiro atoms. The van der Waals surface area contributed by atoms with Crippen molar-refractivity contribution in [2.75, 3.05) is 0 Å². The lowest BCUT2D eigenvalue weighted by Gasteiger charge is -2.21. The third-order valence-electron chi connectivity index (χ3n) is 5.81. The highest BCUT2D eigenvalue weighted by Gasteiger charge is 2.31. The Kier molecular flexibility index (Phi) is 7.62. The lowest BCUT2D eigenvalue weighted by atomic mass is 9.83. The summed E-state index contributed by atoms with van der Waals surface area (Å²) in [6.45, 7) is 3.91. The fourth-order valence-corrected chi connectivity index (χ4v) is 4.08. The predicted molar refractivity (Wildman–Crippen MR) is 125 cm³/mol. The molecule has 1 aromatic heterocycles. The molecule has 0 aliphatic heterocycles. The number of rotatable bonds is 9. The van der Waals surface area contributed by atoms with Crippen molar-refractivity contribution in [2.24, 2.45) is 0 Å². The fourth-order valence-electron chi connectivity index (χ4n) is 4.08. The molecular weight excluding hydrogens is 400 g/mol. The Morgan fingerprint density at radius 3 is 2.06 bits per heavy atom. The van der Waals surface area contributed by atoms with Crippen LogP contribution in [0.4, 0.5) is 0 Å². The summed E-state index contributed by atoms with van der Waals surface area (Å²) in [7, 11) is 0. The lowest BCUT2D eigenvalue weighted by molar-refractivity contribution is 0.0968. The quantitative estimate of drug-likeness (QED) is 0.369. The monoisotopic (exact) mass is 428 g/mol. The predicted octanol–water partition coefficient (Wildman–Crippen LogP) is 5.33. The van der Waals surface area contributed by atoms with Gasteiger partial charge in [-0.25, -0.2) is 0 Å². The van der Waals surface area contributed by atoms with Crippen molar-refractivity contribution in [1.29, 1.82) is 5.26 Å². The van der Waals surface area contributed by atoms with Gasteiger partial charge in [0.25, 0.3) is 5.56 Å². The average molecular weight is 429 g/mol. The summed E-state index contributed by atoms with van der Waals surface area (Å²) in [5, 5.41) is 20.7. The Labute approximate surface area is 188 Å². The molecule has 0 fully saturated rings. The van der Waals surface area contributed by atoms with Crippen LogP contribution in [0.25, 0.3) is 0 Å². The summed E-state index contributed by atoms with van der Waals surface area (Å²) >= 11 is 0. The zero-order valence-electron chi connectivity index (χ0n) is 18.5. The second-order valence-corrected chi connectivity index (χ2v) is 7.95. The number of aromatic hydroxyl groups is 1. The second-order valence-electron chi connectivity index (χ2n) is 7.95. The third kappa shape index (κ3) is 4.65. The maximum absolute atomic E-state index is 13.9. The van der Waals surface area contributed by atoms with Crippen molar-refractivity contribution in [1.82, 2.24) is 4.57 Å². The fraction of sp³-hybridized carbons (Fsp3) is 0.296. The van der Waals surface area contributed by atoms with Gasteiger partial charge in [-0.05, 0) is 30.0 Å². The number of benzene rings is 2. The first-order valence-electron chi connectivity index (χ1n) is 11.0. The zero-order chi connectivity index (χ0) is 23.1. The number of aromatic nitrogens is 1. The first-order valence-corrected chi connectivity index (χ1v) is 11.0. The molecule has 1 N–H and O–H groups in total. The molecule has 164 valence electrons. The molecule has 0 aliphatic carbocycles. The maximum atomic E-state index is 13.9. The molecule has 1 heterocycles. The van der Waals surface area contributed by atoms with E-state index in [2.05, 4.69) is 6.92 Å². The van der Waals surface area contributed by atoms with Gasteiger partial charge in [0.05, 0.1) is 11.5 Å². The lowest BCUT2D eigenvalue weighted by Crippen LogP contribution is -2.28. The van der Waals surface area contributed by atoms with Crippen LogP contribution in [0, 0.1) is 18.3 Å². The van der Waals surface area contributed by atoms with E-state index in [-0.39, 0.29) is 34.9 Å². The summed E-state index contributed by atoms with van der Waals surface area (Å²) in [6.07, 6.45) is 3.64. The molecule has 0 aliphatic rings. The minimum Gasteiger partial charge on any atom is -0.494 e. The van der Waals surface area contributed by atoms with Crippen molar-refractivity contribution < 1.29 is 9.90 Å².